The van der Waals surface area contributed by atoms with Crippen molar-refractivity contribution in [1.29, 1.82) is 0 Å². The van der Waals surface area contributed by atoms with Crippen molar-refractivity contribution in [2.45, 2.75) is 20.8 Å². The molecule has 0 saturated heterocycles. The number of carboxylic acids is 1. The number of aliphatic carboxylic acids is 1. The first-order chi connectivity index (χ1) is 8.85. The maximum Gasteiger partial charge on any atom is 0.323 e. The van der Waals surface area contributed by atoms with Gasteiger partial charge in [0.2, 0.25) is 0 Å². The lowest BCUT2D eigenvalue weighted by atomic mass is 10.1. The fraction of sp³-hybridized carbons (Fsp3) is 0.385. The molecular weight excluding hydrogens is 312 g/mol. The van der Waals surface area contributed by atoms with Crippen molar-refractivity contribution in [3.05, 3.63) is 27.7 Å². The van der Waals surface area contributed by atoms with Crippen molar-refractivity contribution >= 4 is 33.6 Å². The summed E-state index contributed by atoms with van der Waals surface area (Å²) in [5.74, 6) is -1.03. The third-order valence-electron chi connectivity index (χ3n) is 2.72. The molecule has 5 nitrogen and oxygen atoms in total. The number of nitrogens with zero attached hydrogens (tertiary/aromatic N) is 1. The van der Waals surface area contributed by atoms with Gasteiger partial charge in [0.05, 0.1) is 0 Å². The normalized spacial score (nSPS) is 10.1. The van der Waals surface area contributed by atoms with Gasteiger partial charge in [-0.3, -0.25) is 4.79 Å². The van der Waals surface area contributed by atoms with Crippen molar-refractivity contribution in [3.8, 4) is 0 Å². The van der Waals surface area contributed by atoms with Crippen LogP contribution in [0.25, 0.3) is 0 Å². The van der Waals surface area contributed by atoms with Crippen molar-refractivity contribution in [3.63, 3.8) is 0 Å². The van der Waals surface area contributed by atoms with Crippen LogP contribution in [0.15, 0.2) is 16.6 Å². The molecule has 0 fully saturated rings. The van der Waals surface area contributed by atoms with E-state index in [1.54, 1.807) is 6.92 Å². The lowest BCUT2D eigenvalue weighted by Crippen LogP contribution is -2.38. The quantitative estimate of drug-likeness (QED) is 0.892. The molecule has 0 aliphatic heterocycles. The maximum atomic E-state index is 12.0. The number of carbonyl (C=O) groups is 2. The van der Waals surface area contributed by atoms with Crippen LogP contribution in [-0.4, -0.2) is 35.1 Å². The number of hydrogen-bond acceptors (Lipinski definition) is 2. The molecule has 19 heavy (non-hydrogen) atoms. The third-order valence-corrected chi connectivity index (χ3v) is 3.18. The Balaban J connectivity index is 2.90. The summed E-state index contributed by atoms with van der Waals surface area (Å²) in [5, 5.41) is 11.5. The van der Waals surface area contributed by atoms with Crippen LogP contribution >= 0.6 is 15.9 Å². The molecule has 0 aromatic heterocycles. The van der Waals surface area contributed by atoms with Crippen LogP contribution in [0.2, 0.25) is 0 Å². The Morgan fingerprint density at radius 3 is 2.26 bits per heavy atom. The zero-order valence-corrected chi connectivity index (χ0v) is 12.7. The molecule has 1 rings (SSSR count). The highest BCUT2D eigenvalue weighted by Gasteiger charge is 2.16. The van der Waals surface area contributed by atoms with Crippen molar-refractivity contribution in [1.82, 2.24) is 4.90 Å². The molecule has 0 bridgehead atoms. The minimum Gasteiger partial charge on any atom is -0.480 e. The number of carbonyl (C=O) groups excluding carboxylic acids is 1. The van der Waals surface area contributed by atoms with Crippen molar-refractivity contribution in [2.75, 3.05) is 18.4 Å². The number of urea groups is 1. The predicted octanol–water partition coefficient (Wildman–Crippen LogP) is 3.00. The summed E-state index contributed by atoms with van der Waals surface area (Å²) >= 11 is 3.39. The van der Waals surface area contributed by atoms with Gasteiger partial charge in [0.25, 0.3) is 0 Å². The van der Waals surface area contributed by atoms with Gasteiger partial charge in [-0.15, -0.1) is 0 Å². The average Bonchev–Trinajstić information content (AvgIpc) is 2.30. The molecule has 0 spiro atoms. The summed E-state index contributed by atoms with van der Waals surface area (Å²) in [4.78, 5) is 23.9. The van der Waals surface area contributed by atoms with E-state index in [0.29, 0.717) is 6.54 Å². The lowest BCUT2D eigenvalue weighted by molar-refractivity contribution is -0.137. The van der Waals surface area contributed by atoms with Crippen LogP contribution in [0.4, 0.5) is 10.5 Å². The van der Waals surface area contributed by atoms with E-state index in [9.17, 15) is 9.59 Å². The van der Waals surface area contributed by atoms with Crippen molar-refractivity contribution in [2.24, 2.45) is 0 Å². The SMILES string of the molecule is CCN(CC(=O)O)C(=O)Nc1c(C)cc(Br)cc1C. The van der Waals surface area contributed by atoms with E-state index in [1.165, 1.54) is 4.90 Å². The van der Waals surface area contributed by atoms with E-state index in [0.717, 1.165) is 21.3 Å². The fourth-order valence-corrected chi connectivity index (χ4v) is 2.47. The summed E-state index contributed by atoms with van der Waals surface area (Å²) in [7, 11) is 0. The highest BCUT2D eigenvalue weighted by Crippen LogP contribution is 2.25. The predicted molar refractivity (Wildman–Crippen MR) is 77.5 cm³/mol. The minimum absolute atomic E-state index is 0.309. The Kier molecular flexibility index (Phi) is 5.35. The van der Waals surface area contributed by atoms with E-state index in [1.807, 2.05) is 26.0 Å². The molecule has 104 valence electrons. The molecule has 0 unspecified atom stereocenters. The molecule has 2 amide bonds. The molecule has 0 aliphatic carbocycles. The summed E-state index contributed by atoms with van der Waals surface area (Å²) in [6, 6.07) is 3.39. The first-order valence-electron chi connectivity index (χ1n) is 5.89. The summed E-state index contributed by atoms with van der Waals surface area (Å²) in [6.45, 7) is 5.55. The molecule has 2 N–H and O–H groups in total. The Hall–Kier alpha value is -1.56. The highest BCUT2D eigenvalue weighted by molar-refractivity contribution is 9.10. The number of amides is 2. The van der Waals surface area contributed by atoms with E-state index in [2.05, 4.69) is 21.2 Å². The van der Waals surface area contributed by atoms with E-state index in [4.69, 9.17) is 5.11 Å². The largest absolute Gasteiger partial charge is 0.480 e. The van der Waals surface area contributed by atoms with Gasteiger partial charge in [0.1, 0.15) is 6.54 Å². The van der Waals surface area contributed by atoms with Gasteiger partial charge in [-0.1, -0.05) is 15.9 Å². The van der Waals surface area contributed by atoms with Crippen LogP contribution in [-0.2, 0) is 4.79 Å². The molecule has 0 saturated carbocycles. The lowest BCUT2D eigenvalue weighted by Gasteiger charge is -2.21. The zero-order valence-electron chi connectivity index (χ0n) is 11.2. The first-order valence-corrected chi connectivity index (χ1v) is 6.69. The standard InChI is InChI=1S/C13H17BrN2O3/c1-4-16(7-11(17)18)13(19)15-12-8(2)5-10(14)6-9(12)3/h5-6H,4,7H2,1-3H3,(H,15,19)(H,17,18). The molecule has 0 atom stereocenters. The van der Waals surface area contributed by atoms with Gasteiger partial charge in [0.15, 0.2) is 0 Å². The van der Waals surface area contributed by atoms with E-state index >= 15 is 0 Å². The second-order valence-electron chi connectivity index (χ2n) is 4.25. The van der Waals surface area contributed by atoms with E-state index in [-0.39, 0.29) is 6.54 Å². The number of nitrogens with one attached hydrogen (secondary N) is 1. The molecule has 1 aromatic carbocycles. The number of rotatable bonds is 4. The van der Waals surface area contributed by atoms with Gasteiger partial charge in [-0.05, 0) is 44.0 Å². The molecule has 0 radical (unpaired) electrons. The number of hydrogen-bond donors (Lipinski definition) is 2. The van der Waals surface area contributed by atoms with Gasteiger partial charge >= 0.3 is 12.0 Å². The van der Waals surface area contributed by atoms with Crippen LogP contribution in [0.5, 0.6) is 0 Å². The topological polar surface area (TPSA) is 69.6 Å². The second-order valence-corrected chi connectivity index (χ2v) is 5.17. The summed E-state index contributed by atoms with van der Waals surface area (Å²) < 4.78 is 0.943. The monoisotopic (exact) mass is 328 g/mol. The smallest absolute Gasteiger partial charge is 0.323 e. The third kappa shape index (κ3) is 4.24. The Morgan fingerprint density at radius 2 is 1.84 bits per heavy atom. The van der Waals surface area contributed by atoms with Crippen LogP contribution in [0.3, 0.4) is 0 Å². The number of aryl methyl sites for hydroxylation is 2. The van der Waals surface area contributed by atoms with Gasteiger partial charge in [-0.2, -0.15) is 0 Å². The highest BCUT2D eigenvalue weighted by atomic mass is 79.9. The summed E-state index contributed by atoms with van der Waals surface area (Å²) in [5.41, 5.74) is 2.57. The first kappa shape index (κ1) is 15.5. The van der Waals surface area contributed by atoms with Crippen LogP contribution in [0.1, 0.15) is 18.1 Å². The number of likely N-dealkylation sites (N-methyl/N-ethyl adjacent to an activating group) is 1. The van der Waals surface area contributed by atoms with Gasteiger partial charge in [-0.25, -0.2) is 4.79 Å². The minimum atomic E-state index is -1.03. The molecule has 0 aliphatic rings. The molecular formula is C13H17BrN2O3. The number of halogens is 1. The van der Waals surface area contributed by atoms with Gasteiger partial charge in [0, 0.05) is 16.7 Å². The maximum absolute atomic E-state index is 12.0. The molecule has 1 aromatic rings. The van der Waals surface area contributed by atoms with E-state index < -0.39 is 12.0 Å². The van der Waals surface area contributed by atoms with Gasteiger partial charge < -0.3 is 15.3 Å². The molecule has 0 heterocycles. The number of carboxylic acid groups (broad SMARTS) is 1. The summed E-state index contributed by atoms with van der Waals surface area (Å²) in [6.07, 6.45) is 0. The Morgan fingerprint density at radius 1 is 1.32 bits per heavy atom. The zero-order chi connectivity index (χ0) is 14.6. The number of anilines is 1. The van der Waals surface area contributed by atoms with Crippen LogP contribution < -0.4 is 5.32 Å². The average molecular weight is 329 g/mol. The second kappa shape index (κ2) is 6.56. The Labute approximate surface area is 120 Å². The fourth-order valence-electron chi connectivity index (χ4n) is 1.78. The molecule has 6 heteroatoms. The Bertz CT molecular complexity index is 480. The van der Waals surface area contributed by atoms with Crippen LogP contribution in [0, 0.1) is 13.8 Å². The number of benzene rings is 1. The van der Waals surface area contributed by atoms with Crippen molar-refractivity contribution < 1.29 is 14.7 Å².